The number of benzene rings is 2. The first-order chi connectivity index (χ1) is 11.6. The number of rotatable bonds is 4. The summed E-state index contributed by atoms with van der Waals surface area (Å²) in [4.78, 5) is 12.9. The summed E-state index contributed by atoms with van der Waals surface area (Å²) < 4.78 is 5.04. The third-order valence-corrected chi connectivity index (χ3v) is 6.00. The third-order valence-electron chi connectivity index (χ3n) is 3.90. The molecule has 3 nitrogen and oxygen atoms in total. The Balaban J connectivity index is 1.84. The van der Waals surface area contributed by atoms with Crippen LogP contribution < -0.4 is 5.32 Å². The average molecular weight is 382 g/mol. The first kappa shape index (κ1) is 17.5. The summed E-state index contributed by atoms with van der Waals surface area (Å²) in [5, 5.41) is 4.15. The van der Waals surface area contributed by atoms with Crippen molar-refractivity contribution >= 4 is 41.1 Å². The summed E-state index contributed by atoms with van der Waals surface area (Å²) in [6, 6.07) is 13.8. The lowest BCUT2D eigenvalue weighted by Gasteiger charge is -2.21. The van der Waals surface area contributed by atoms with Crippen LogP contribution in [0.4, 0.5) is 4.79 Å². The summed E-state index contributed by atoms with van der Waals surface area (Å²) in [5.74, 6) is 0. The average Bonchev–Trinajstić information content (AvgIpc) is 2.89. The Hall–Kier alpha value is -1.36. The number of carbonyl (C=O) groups excluding carboxylic acids is 1. The van der Waals surface area contributed by atoms with Gasteiger partial charge < -0.3 is 10.1 Å². The minimum Gasteiger partial charge on any atom is -0.450 e. The lowest BCUT2D eigenvalue weighted by Crippen LogP contribution is -2.37. The van der Waals surface area contributed by atoms with E-state index in [2.05, 4.69) is 17.4 Å². The van der Waals surface area contributed by atoms with E-state index >= 15 is 0 Å². The molecule has 0 saturated carbocycles. The fourth-order valence-electron chi connectivity index (χ4n) is 2.85. The molecule has 2 atom stereocenters. The summed E-state index contributed by atoms with van der Waals surface area (Å²) in [6.45, 7) is 2.15. The second kappa shape index (κ2) is 7.68. The van der Waals surface area contributed by atoms with Crippen LogP contribution in [0.25, 0.3) is 0 Å². The van der Waals surface area contributed by atoms with Crippen molar-refractivity contribution in [3.63, 3.8) is 0 Å². The van der Waals surface area contributed by atoms with E-state index in [4.69, 9.17) is 27.9 Å². The molecule has 2 aromatic carbocycles. The van der Waals surface area contributed by atoms with E-state index in [1.165, 1.54) is 11.1 Å². The number of hydrogen-bond acceptors (Lipinski definition) is 3. The van der Waals surface area contributed by atoms with Crippen LogP contribution in [-0.2, 0) is 11.2 Å². The van der Waals surface area contributed by atoms with Gasteiger partial charge >= 0.3 is 6.09 Å². The maximum absolute atomic E-state index is 11.9. The summed E-state index contributed by atoms with van der Waals surface area (Å²) >= 11 is 13.8. The van der Waals surface area contributed by atoms with E-state index in [-0.39, 0.29) is 17.4 Å². The van der Waals surface area contributed by atoms with Crippen LogP contribution in [-0.4, -0.2) is 18.7 Å². The fraction of sp³-hybridized carbons (Fsp3) is 0.278. The van der Waals surface area contributed by atoms with Crippen molar-refractivity contribution in [1.82, 2.24) is 5.32 Å². The first-order valence-corrected chi connectivity index (χ1v) is 9.35. The van der Waals surface area contributed by atoms with Crippen molar-refractivity contribution in [2.75, 3.05) is 6.61 Å². The van der Waals surface area contributed by atoms with Gasteiger partial charge in [-0.2, -0.15) is 0 Å². The van der Waals surface area contributed by atoms with Gasteiger partial charge in [-0.1, -0.05) is 47.5 Å². The highest BCUT2D eigenvalue weighted by Crippen LogP contribution is 2.45. The molecule has 6 heteroatoms. The molecule has 3 rings (SSSR count). The van der Waals surface area contributed by atoms with Crippen LogP contribution in [0.2, 0.25) is 10.0 Å². The molecule has 1 aliphatic rings. The highest BCUT2D eigenvalue weighted by molar-refractivity contribution is 7.99. The molecule has 0 aromatic heterocycles. The molecular weight excluding hydrogens is 365 g/mol. The Labute approximate surface area is 155 Å². The van der Waals surface area contributed by atoms with Crippen molar-refractivity contribution in [3.05, 3.63) is 63.6 Å². The van der Waals surface area contributed by atoms with E-state index in [1.807, 2.05) is 24.3 Å². The zero-order valence-corrected chi connectivity index (χ0v) is 15.4. The Morgan fingerprint density at radius 1 is 1.25 bits per heavy atom. The molecule has 2 unspecified atom stereocenters. The molecule has 0 fully saturated rings. The molecule has 1 N–H and O–H groups in total. The van der Waals surface area contributed by atoms with Gasteiger partial charge in [0.15, 0.2) is 0 Å². The highest BCUT2D eigenvalue weighted by Gasteiger charge is 2.34. The van der Waals surface area contributed by atoms with Gasteiger partial charge in [0.2, 0.25) is 0 Å². The van der Waals surface area contributed by atoms with Gasteiger partial charge in [0, 0.05) is 4.90 Å². The van der Waals surface area contributed by atoms with Gasteiger partial charge in [-0.3, -0.25) is 0 Å². The van der Waals surface area contributed by atoms with Gasteiger partial charge in [-0.05, 0) is 42.7 Å². The Morgan fingerprint density at radius 3 is 2.79 bits per heavy atom. The maximum atomic E-state index is 11.9. The van der Waals surface area contributed by atoms with Crippen molar-refractivity contribution in [2.45, 2.75) is 29.5 Å². The molecular formula is C18H17Cl2NO2S. The lowest BCUT2D eigenvalue weighted by atomic mass is 10.1. The number of alkyl carbamates (subject to hydrolysis) is 1. The number of thioether (sulfide) groups is 1. The monoisotopic (exact) mass is 381 g/mol. The summed E-state index contributed by atoms with van der Waals surface area (Å²) in [7, 11) is 0. The number of ether oxygens (including phenoxy) is 1. The van der Waals surface area contributed by atoms with E-state index in [9.17, 15) is 4.79 Å². The summed E-state index contributed by atoms with van der Waals surface area (Å²) in [5.41, 5.74) is 2.48. The SMILES string of the molecule is CCOC(=O)NC1Cc2ccccc2C1Sc1ccc(Cl)c(Cl)c1. The number of nitrogens with one attached hydrogen (secondary N) is 1. The molecule has 0 radical (unpaired) electrons. The molecule has 24 heavy (non-hydrogen) atoms. The van der Waals surface area contributed by atoms with Crippen molar-refractivity contribution in [2.24, 2.45) is 0 Å². The van der Waals surface area contributed by atoms with E-state index < -0.39 is 0 Å². The second-order valence-electron chi connectivity index (χ2n) is 5.49. The Kier molecular flexibility index (Phi) is 5.59. The minimum absolute atomic E-state index is 0.0269. The van der Waals surface area contributed by atoms with Crippen molar-refractivity contribution in [3.8, 4) is 0 Å². The summed E-state index contributed by atoms with van der Waals surface area (Å²) in [6.07, 6.45) is 0.406. The molecule has 0 spiro atoms. The first-order valence-electron chi connectivity index (χ1n) is 7.71. The molecule has 1 amide bonds. The number of halogens is 2. The molecule has 0 heterocycles. The smallest absolute Gasteiger partial charge is 0.407 e. The lowest BCUT2D eigenvalue weighted by molar-refractivity contribution is 0.148. The van der Waals surface area contributed by atoms with Crippen LogP contribution in [0.3, 0.4) is 0 Å². The number of fused-ring (bicyclic) bond motifs is 1. The van der Waals surface area contributed by atoms with Crippen molar-refractivity contribution < 1.29 is 9.53 Å². The van der Waals surface area contributed by atoms with Crippen LogP contribution >= 0.6 is 35.0 Å². The molecule has 0 bridgehead atoms. The third kappa shape index (κ3) is 3.82. The van der Waals surface area contributed by atoms with Crippen molar-refractivity contribution in [1.29, 1.82) is 0 Å². The number of amides is 1. The quantitative estimate of drug-likeness (QED) is 0.759. The normalized spacial score (nSPS) is 19.0. The van der Waals surface area contributed by atoms with E-state index in [0.29, 0.717) is 16.7 Å². The predicted molar refractivity (Wildman–Crippen MR) is 99.2 cm³/mol. The van der Waals surface area contributed by atoms with Crippen LogP contribution in [0.15, 0.2) is 47.4 Å². The van der Waals surface area contributed by atoms with Gasteiger partial charge in [-0.25, -0.2) is 4.79 Å². The Bertz CT molecular complexity index is 754. The molecule has 1 aliphatic carbocycles. The largest absolute Gasteiger partial charge is 0.450 e. The van der Waals surface area contributed by atoms with Crippen LogP contribution in [0.1, 0.15) is 23.3 Å². The van der Waals surface area contributed by atoms with Crippen LogP contribution in [0.5, 0.6) is 0 Å². The molecule has 126 valence electrons. The molecule has 2 aromatic rings. The van der Waals surface area contributed by atoms with E-state index in [1.54, 1.807) is 24.8 Å². The molecule has 0 aliphatic heterocycles. The zero-order chi connectivity index (χ0) is 17.1. The zero-order valence-electron chi connectivity index (χ0n) is 13.1. The van der Waals surface area contributed by atoms with Gasteiger partial charge in [0.1, 0.15) is 0 Å². The fourth-order valence-corrected chi connectivity index (χ4v) is 4.53. The topological polar surface area (TPSA) is 38.3 Å². The van der Waals surface area contributed by atoms with Gasteiger partial charge in [0.25, 0.3) is 0 Å². The van der Waals surface area contributed by atoms with Gasteiger partial charge in [-0.15, -0.1) is 11.8 Å². The predicted octanol–water partition coefficient (Wildman–Crippen LogP) is 5.50. The van der Waals surface area contributed by atoms with Crippen LogP contribution in [0, 0.1) is 0 Å². The van der Waals surface area contributed by atoms with E-state index in [0.717, 1.165) is 11.3 Å². The molecule has 0 saturated heterocycles. The Morgan fingerprint density at radius 2 is 2.04 bits per heavy atom. The highest BCUT2D eigenvalue weighted by atomic mass is 35.5. The maximum Gasteiger partial charge on any atom is 0.407 e. The standard InChI is InChI=1S/C18H17Cl2NO2S/c1-2-23-18(22)21-16-9-11-5-3-4-6-13(11)17(16)24-12-7-8-14(19)15(20)10-12/h3-8,10,16-17H,2,9H2,1H3,(H,21,22). The number of carbonyl (C=O) groups is 1. The van der Waals surface area contributed by atoms with Gasteiger partial charge in [0.05, 0.1) is 27.9 Å². The second-order valence-corrected chi connectivity index (χ2v) is 7.52. The number of hydrogen-bond donors (Lipinski definition) is 1. The minimum atomic E-state index is -0.380.